The van der Waals surface area contributed by atoms with Gasteiger partial charge < -0.3 is 23.2 Å². The van der Waals surface area contributed by atoms with Crippen LogP contribution in [0.3, 0.4) is 0 Å². The van der Waals surface area contributed by atoms with Crippen LogP contribution in [-0.2, 0) is 0 Å². The molecule has 0 atom stereocenters. The van der Waals surface area contributed by atoms with Gasteiger partial charge in [-0.15, -0.1) is 0 Å². The fourth-order valence-corrected chi connectivity index (χ4v) is 10.1. The monoisotopic (exact) mass is 310 g/mol. The van der Waals surface area contributed by atoms with Gasteiger partial charge in [0.15, 0.2) is 0 Å². The molecule has 3 nitrogen and oxygen atoms in total. The molecule has 0 aromatic carbocycles. The van der Waals surface area contributed by atoms with E-state index in [1.165, 1.54) is 0 Å². The first-order chi connectivity index (χ1) is 6.79. The Balaban J connectivity index is -0.000000375. The Bertz CT molecular complexity index is 188. The first-order valence-electron chi connectivity index (χ1n) is 5.84. The van der Waals surface area contributed by atoms with Gasteiger partial charge in [-0.2, -0.15) is 0 Å². The molecular weight excluding hydrogens is 283 g/mol. The van der Waals surface area contributed by atoms with Crippen LogP contribution in [0, 0.1) is 0 Å². The standard InChI is InChI=1S/C9H27N3Si4.3Li/c1-14(2,3)10-13(11-15(4,5)6)12-16(7,8)9;;;/h1-9H3;;;/q-3;3*+1. The molecule has 0 spiro atoms. The maximum absolute atomic E-state index is 4.96. The smallest absolute Gasteiger partial charge is 0.703 e. The summed E-state index contributed by atoms with van der Waals surface area (Å²) in [6, 6.07) is 0. The molecule has 0 fully saturated rings. The number of rotatable bonds is 6. The third-order valence-electron chi connectivity index (χ3n) is 1.31. The summed E-state index contributed by atoms with van der Waals surface area (Å²) in [5.74, 6) is 0. The largest absolute Gasteiger partial charge is 1.00 e. The summed E-state index contributed by atoms with van der Waals surface area (Å²) in [5.41, 5.74) is 0. The molecule has 0 unspecified atom stereocenters. The van der Waals surface area contributed by atoms with E-state index in [4.69, 9.17) is 13.9 Å². The SMILES string of the molecule is C[Si](C)(C)[N-][Si]([N-][Si](C)(C)C)[N-][Si](C)(C)C.[Li+].[Li+].[Li+]. The van der Waals surface area contributed by atoms with Gasteiger partial charge in [0.05, 0.1) is 0 Å². The molecule has 0 aliphatic rings. The molecule has 0 bridgehead atoms. The Kier molecular flexibility index (Phi) is 17.3. The molecule has 10 heteroatoms. The van der Waals surface area contributed by atoms with Gasteiger partial charge >= 0.3 is 56.6 Å². The second-order valence-electron chi connectivity index (χ2n) is 7.15. The van der Waals surface area contributed by atoms with Crippen molar-refractivity contribution in [1.29, 1.82) is 0 Å². The van der Waals surface area contributed by atoms with Gasteiger partial charge in [0, 0.05) is 0 Å². The molecule has 0 aliphatic heterocycles. The van der Waals surface area contributed by atoms with E-state index in [1.807, 2.05) is 0 Å². The Morgan fingerprint density at radius 3 is 0.737 bits per heavy atom. The van der Waals surface area contributed by atoms with Gasteiger partial charge in [-0.05, 0) is 0 Å². The van der Waals surface area contributed by atoms with Crippen LogP contribution in [-0.4, -0.2) is 34.0 Å². The van der Waals surface area contributed by atoms with E-state index in [-0.39, 0.29) is 56.6 Å². The van der Waals surface area contributed by atoms with Gasteiger partial charge in [-0.3, -0.25) is 0 Å². The molecule has 19 heavy (non-hydrogen) atoms. The van der Waals surface area contributed by atoms with E-state index < -0.39 is 34.0 Å². The summed E-state index contributed by atoms with van der Waals surface area (Å²) in [7, 11) is -5.33. The van der Waals surface area contributed by atoms with Crippen molar-refractivity contribution < 1.29 is 56.6 Å². The van der Waals surface area contributed by atoms with Crippen LogP contribution in [0.25, 0.3) is 13.9 Å². The molecule has 1 radical (unpaired) electrons. The molecule has 0 aromatic rings. The van der Waals surface area contributed by atoms with Gasteiger partial charge in [0.25, 0.3) is 0 Å². The van der Waals surface area contributed by atoms with E-state index in [0.29, 0.717) is 0 Å². The van der Waals surface area contributed by atoms with Gasteiger partial charge in [-0.25, -0.2) is 0 Å². The van der Waals surface area contributed by atoms with E-state index in [2.05, 4.69) is 58.9 Å². The minimum absolute atomic E-state index is 0. The molecule has 0 aromatic heterocycles. The molecule has 0 heterocycles. The zero-order valence-electron chi connectivity index (χ0n) is 15.3. The molecule has 0 N–H and O–H groups in total. The third-order valence-corrected chi connectivity index (χ3v) is 11.8. The van der Waals surface area contributed by atoms with Crippen LogP contribution in [0.5, 0.6) is 0 Å². The number of nitrogens with zero attached hydrogens (tertiary/aromatic N) is 3. The maximum Gasteiger partial charge on any atom is 1.00 e. The average Bonchev–Trinajstić information content (AvgIpc) is 1.70. The Hall–Kier alpha value is 2.54. The first-order valence-corrected chi connectivity index (χ1v) is 17.5. The predicted octanol–water partition coefficient (Wildman–Crippen LogP) is -4.39. The van der Waals surface area contributed by atoms with Crippen molar-refractivity contribution in [2.45, 2.75) is 58.9 Å². The summed E-state index contributed by atoms with van der Waals surface area (Å²) in [5, 5.41) is 0. The van der Waals surface area contributed by atoms with Crippen molar-refractivity contribution in [2.75, 3.05) is 0 Å². The molecular formula is C9H27Li3N3Si4. The second-order valence-corrected chi connectivity index (χ2v) is 23.5. The molecule has 97 valence electrons. The van der Waals surface area contributed by atoms with Crippen LogP contribution >= 0.6 is 0 Å². The minimum atomic E-state index is -1.39. The van der Waals surface area contributed by atoms with Crippen LogP contribution < -0.4 is 56.6 Å². The van der Waals surface area contributed by atoms with Gasteiger partial charge in [0.2, 0.25) is 0 Å². The number of hydrogen-bond donors (Lipinski definition) is 0. The van der Waals surface area contributed by atoms with Gasteiger partial charge in [-0.1, -0.05) is 83.6 Å². The van der Waals surface area contributed by atoms with Crippen LogP contribution in [0.2, 0.25) is 58.9 Å². The Morgan fingerprint density at radius 1 is 0.474 bits per heavy atom. The third kappa shape index (κ3) is 22.9. The average molecular weight is 311 g/mol. The molecule has 0 amide bonds. The fraction of sp³-hybridized carbons (Fsp3) is 1.00. The van der Waals surface area contributed by atoms with Crippen molar-refractivity contribution in [3.63, 3.8) is 0 Å². The summed E-state index contributed by atoms with van der Waals surface area (Å²) in [4.78, 5) is 0. The zero-order chi connectivity index (χ0) is 13.2. The minimum Gasteiger partial charge on any atom is -0.703 e. The number of hydrogen-bond acceptors (Lipinski definition) is 0. The van der Waals surface area contributed by atoms with Gasteiger partial charge in [0.1, 0.15) is 0 Å². The zero-order valence-corrected chi connectivity index (χ0v) is 19.3. The van der Waals surface area contributed by atoms with E-state index in [0.717, 1.165) is 0 Å². The summed E-state index contributed by atoms with van der Waals surface area (Å²) in [6.07, 6.45) is 0. The summed E-state index contributed by atoms with van der Waals surface area (Å²) >= 11 is 0. The van der Waals surface area contributed by atoms with Crippen LogP contribution in [0.4, 0.5) is 0 Å². The van der Waals surface area contributed by atoms with Crippen molar-refractivity contribution in [1.82, 2.24) is 0 Å². The normalized spacial score (nSPS) is 12.3. The Morgan fingerprint density at radius 2 is 0.632 bits per heavy atom. The quantitative estimate of drug-likeness (QED) is 0.445. The van der Waals surface area contributed by atoms with E-state index in [9.17, 15) is 0 Å². The van der Waals surface area contributed by atoms with Crippen molar-refractivity contribution in [2.24, 2.45) is 0 Å². The van der Waals surface area contributed by atoms with Crippen molar-refractivity contribution >= 4 is 34.0 Å². The van der Waals surface area contributed by atoms with Crippen molar-refractivity contribution in [3.8, 4) is 0 Å². The summed E-state index contributed by atoms with van der Waals surface area (Å²) in [6.45, 7) is 20.5. The molecule has 0 aliphatic carbocycles. The predicted molar refractivity (Wildman–Crippen MR) is 85.9 cm³/mol. The van der Waals surface area contributed by atoms with Crippen LogP contribution in [0.15, 0.2) is 0 Å². The molecule has 0 saturated heterocycles. The Labute approximate surface area is 162 Å². The maximum atomic E-state index is 4.96. The van der Waals surface area contributed by atoms with Crippen LogP contribution in [0.1, 0.15) is 0 Å². The fourth-order valence-electron chi connectivity index (χ4n) is 0.975. The van der Waals surface area contributed by atoms with E-state index in [1.54, 1.807) is 0 Å². The van der Waals surface area contributed by atoms with E-state index >= 15 is 0 Å². The molecule has 0 saturated carbocycles. The topological polar surface area (TPSA) is 42.3 Å². The summed E-state index contributed by atoms with van der Waals surface area (Å²) < 4.78 is 14.9. The van der Waals surface area contributed by atoms with Crippen molar-refractivity contribution in [3.05, 3.63) is 13.9 Å². The molecule has 0 rings (SSSR count). The first kappa shape index (κ1) is 29.5. The second kappa shape index (κ2) is 11.1.